The standard InChI is InChI=1S/C14H18N2O4/c1-9(17)15-11-7-16(8-12(11)18)14(19)10-5-3-4-6-13(10)20-2/h3-6,11-12,18H,7-8H2,1-2H3,(H,15,17)/t11-,12-/m1/s1. The number of carbonyl (C=O) groups excluding carboxylic acids is 2. The van der Waals surface area contributed by atoms with Gasteiger partial charge in [-0.1, -0.05) is 12.1 Å². The lowest BCUT2D eigenvalue weighted by atomic mass is 10.2. The zero-order chi connectivity index (χ0) is 14.7. The van der Waals surface area contributed by atoms with Crippen LogP contribution in [-0.2, 0) is 4.79 Å². The number of para-hydroxylation sites is 1. The number of aliphatic hydroxyl groups is 1. The molecule has 0 saturated carbocycles. The molecular formula is C14H18N2O4. The van der Waals surface area contributed by atoms with Crippen molar-refractivity contribution in [3.05, 3.63) is 29.8 Å². The molecule has 2 rings (SSSR count). The smallest absolute Gasteiger partial charge is 0.257 e. The van der Waals surface area contributed by atoms with Crippen molar-refractivity contribution in [1.82, 2.24) is 10.2 Å². The third-order valence-corrected chi connectivity index (χ3v) is 3.30. The first kappa shape index (κ1) is 14.3. The Labute approximate surface area is 117 Å². The molecule has 6 heteroatoms. The van der Waals surface area contributed by atoms with E-state index in [1.807, 2.05) is 0 Å². The lowest BCUT2D eigenvalue weighted by Crippen LogP contribution is -2.41. The number of hydrogen-bond donors (Lipinski definition) is 2. The number of hydrogen-bond acceptors (Lipinski definition) is 4. The summed E-state index contributed by atoms with van der Waals surface area (Å²) in [6.45, 7) is 1.87. The van der Waals surface area contributed by atoms with Gasteiger partial charge in [-0.3, -0.25) is 9.59 Å². The average molecular weight is 278 g/mol. The number of carbonyl (C=O) groups is 2. The molecule has 1 saturated heterocycles. The molecule has 20 heavy (non-hydrogen) atoms. The molecule has 1 heterocycles. The molecule has 6 nitrogen and oxygen atoms in total. The Morgan fingerprint density at radius 3 is 2.70 bits per heavy atom. The van der Waals surface area contributed by atoms with Crippen LogP contribution < -0.4 is 10.1 Å². The molecule has 2 N–H and O–H groups in total. The van der Waals surface area contributed by atoms with Crippen LogP contribution in [0, 0.1) is 0 Å². The highest BCUT2D eigenvalue weighted by Crippen LogP contribution is 2.21. The van der Waals surface area contributed by atoms with Gasteiger partial charge in [-0.2, -0.15) is 0 Å². The summed E-state index contributed by atoms with van der Waals surface area (Å²) in [5, 5.41) is 12.5. The van der Waals surface area contributed by atoms with E-state index in [4.69, 9.17) is 4.74 Å². The average Bonchev–Trinajstić information content (AvgIpc) is 2.78. The summed E-state index contributed by atoms with van der Waals surface area (Å²) in [5.74, 6) is 0.0601. The molecule has 0 bridgehead atoms. The summed E-state index contributed by atoms with van der Waals surface area (Å²) in [5.41, 5.74) is 0.450. The van der Waals surface area contributed by atoms with Gasteiger partial charge >= 0.3 is 0 Å². The van der Waals surface area contributed by atoms with Crippen LogP contribution in [0.15, 0.2) is 24.3 Å². The maximum Gasteiger partial charge on any atom is 0.257 e. The molecular weight excluding hydrogens is 260 g/mol. The maximum atomic E-state index is 12.4. The zero-order valence-electron chi connectivity index (χ0n) is 11.5. The number of methoxy groups -OCH3 is 1. The monoisotopic (exact) mass is 278 g/mol. The molecule has 2 amide bonds. The molecule has 108 valence electrons. The summed E-state index contributed by atoms with van der Waals surface area (Å²) in [4.78, 5) is 25.0. The molecule has 0 aromatic heterocycles. The predicted molar refractivity (Wildman–Crippen MR) is 72.5 cm³/mol. The Balaban J connectivity index is 2.13. The Morgan fingerprint density at radius 2 is 2.05 bits per heavy atom. The lowest BCUT2D eigenvalue weighted by Gasteiger charge is -2.17. The second-order valence-corrected chi connectivity index (χ2v) is 4.78. The fourth-order valence-electron chi connectivity index (χ4n) is 2.35. The molecule has 0 radical (unpaired) electrons. The van der Waals surface area contributed by atoms with Crippen molar-refractivity contribution in [3.8, 4) is 5.75 Å². The summed E-state index contributed by atoms with van der Waals surface area (Å²) >= 11 is 0. The lowest BCUT2D eigenvalue weighted by molar-refractivity contribution is -0.120. The molecule has 1 fully saturated rings. The van der Waals surface area contributed by atoms with Crippen LogP contribution in [0.2, 0.25) is 0 Å². The summed E-state index contributed by atoms with van der Waals surface area (Å²) in [6.07, 6.45) is -0.752. The first-order chi connectivity index (χ1) is 9.52. The van der Waals surface area contributed by atoms with Crippen molar-refractivity contribution in [2.75, 3.05) is 20.2 Å². The van der Waals surface area contributed by atoms with Gasteiger partial charge in [0.15, 0.2) is 0 Å². The van der Waals surface area contributed by atoms with E-state index in [1.54, 1.807) is 24.3 Å². The number of benzene rings is 1. The highest BCUT2D eigenvalue weighted by atomic mass is 16.5. The zero-order valence-corrected chi connectivity index (χ0v) is 11.5. The van der Waals surface area contributed by atoms with Gasteiger partial charge in [0.1, 0.15) is 5.75 Å². The van der Waals surface area contributed by atoms with E-state index in [1.165, 1.54) is 18.9 Å². The Hall–Kier alpha value is -2.08. The minimum absolute atomic E-state index is 0.196. The largest absolute Gasteiger partial charge is 0.496 e. The van der Waals surface area contributed by atoms with Crippen LogP contribution >= 0.6 is 0 Å². The number of rotatable bonds is 3. The number of aliphatic hydroxyl groups excluding tert-OH is 1. The van der Waals surface area contributed by atoms with E-state index in [-0.39, 0.29) is 24.9 Å². The molecule has 1 aromatic carbocycles. The van der Waals surface area contributed by atoms with Gasteiger partial charge in [-0.15, -0.1) is 0 Å². The maximum absolute atomic E-state index is 12.4. The van der Waals surface area contributed by atoms with E-state index >= 15 is 0 Å². The number of nitrogens with zero attached hydrogens (tertiary/aromatic N) is 1. The summed E-state index contributed by atoms with van der Waals surface area (Å²) in [7, 11) is 1.51. The number of amides is 2. The van der Waals surface area contributed by atoms with Crippen LogP contribution in [-0.4, -0.2) is 54.2 Å². The first-order valence-electron chi connectivity index (χ1n) is 6.40. The minimum atomic E-state index is -0.752. The fraction of sp³-hybridized carbons (Fsp3) is 0.429. The van der Waals surface area contributed by atoms with Crippen LogP contribution in [0.25, 0.3) is 0 Å². The van der Waals surface area contributed by atoms with Crippen molar-refractivity contribution in [2.45, 2.75) is 19.1 Å². The third-order valence-electron chi connectivity index (χ3n) is 3.30. The van der Waals surface area contributed by atoms with E-state index in [0.29, 0.717) is 11.3 Å². The SMILES string of the molecule is COc1ccccc1C(=O)N1C[C@@H](O)[C@H](NC(C)=O)C1. The Bertz CT molecular complexity index is 518. The summed E-state index contributed by atoms with van der Waals surface area (Å²) < 4.78 is 5.16. The molecule has 0 aliphatic carbocycles. The van der Waals surface area contributed by atoms with Gasteiger partial charge in [0.2, 0.25) is 5.91 Å². The minimum Gasteiger partial charge on any atom is -0.496 e. The second-order valence-electron chi connectivity index (χ2n) is 4.78. The summed E-state index contributed by atoms with van der Waals surface area (Å²) in [6, 6.07) is 6.51. The number of β-amino-alcohol motifs (C(OH)–C–C–N with tert-alkyl or cyclic N) is 1. The van der Waals surface area contributed by atoms with Gasteiger partial charge in [-0.05, 0) is 12.1 Å². The highest BCUT2D eigenvalue weighted by Gasteiger charge is 2.35. The van der Waals surface area contributed by atoms with Crippen LogP contribution in [0.1, 0.15) is 17.3 Å². The van der Waals surface area contributed by atoms with Gasteiger partial charge in [-0.25, -0.2) is 0 Å². The van der Waals surface area contributed by atoms with E-state index in [2.05, 4.69) is 5.32 Å². The van der Waals surface area contributed by atoms with Crippen LogP contribution in [0.4, 0.5) is 0 Å². The predicted octanol–water partition coefficient (Wildman–Crippen LogP) is 0.0166. The third kappa shape index (κ3) is 2.91. The van der Waals surface area contributed by atoms with Gasteiger partial charge in [0, 0.05) is 20.0 Å². The second kappa shape index (κ2) is 5.92. The first-order valence-corrected chi connectivity index (χ1v) is 6.40. The number of ether oxygens (including phenoxy) is 1. The number of likely N-dealkylation sites (tertiary alicyclic amines) is 1. The topological polar surface area (TPSA) is 78.9 Å². The van der Waals surface area contributed by atoms with Gasteiger partial charge in [0.25, 0.3) is 5.91 Å². The molecule has 1 aliphatic rings. The fourth-order valence-corrected chi connectivity index (χ4v) is 2.35. The van der Waals surface area contributed by atoms with Crippen LogP contribution in [0.5, 0.6) is 5.75 Å². The normalized spacial score (nSPS) is 21.6. The van der Waals surface area contributed by atoms with Crippen molar-refractivity contribution in [2.24, 2.45) is 0 Å². The Kier molecular flexibility index (Phi) is 4.24. The van der Waals surface area contributed by atoms with E-state index in [0.717, 1.165) is 0 Å². The molecule has 2 atom stereocenters. The van der Waals surface area contributed by atoms with Crippen molar-refractivity contribution >= 4 is 11.8 Å². The highest BCUT2D eigenvalue weighted by molar-refractivity contribution is 5.97. The molecule has 1 aromatic rings. The number of nitrogens with one attached hydrogen (secondary N) is 1. The van der Waals surface area contributed by atoms with E-state index in [9.17, 15) is 14.7 Å². The van der Waals surface area contributed by atoms with Crippen molar-refractivity contribution in [1.29, 1.82) is 0 Å². The van der Waals surface area contributed by atoms with Crippen molar-refractivity contribution < 1.29 is 19.4 Å². The van der Waals surface area contributed by atoms with Crippen molar-refractivity contribution in [3.63, 3.8) is 0 Å². The molecule has 0 unspecified atom stereocenters. The van der Waals surface area contributed by atoms with E-state index < -0.39 is 12.1 Å². The van der Waals surface area contributed by atoms with Crippen LogP contribution in [0.3, 0.4) is 0 Å². The Morgan fingerprint density at radius 1 is 1.35 bits per heavy atom. The molecule has 0 spiro atoms. The molecule has 1 aliphatic heterocycles. The van der Waals surface area contributed by atoms with Gasteiger partial charge < -0.3 is 20.1 Å². The quantitative estimate of drug-likeness (QED) is 0.817. The van der Waals surface area contributed by atoms with Gasteiger partial charge in [0.05, 0.1) is 24.8 Å².